The number of urea groups is 1. The van der Waals surface area contributed by atoms with Gasteiger partial charge in [0.2, 0.25) is 0 Å². The van der Waals surface area contributed by atoms with Crippen LogP contribution in [0.1, 0.15) is 19.0 Å². The van der Waals surface area contributed by atoms with E-state index < -0.39 is 6.10 Å². The van der Waals surface area contributed by atoms with Crippen molar-refractivity contribution in [3.8, 4) is 11.1 Å². The third-order valence-electron chi connectivity index (χ3n) is 4.43. The van der Waals surface area contributed by atoms with Crippen LogP contribution in [0.3, 0.4) is 0 Å². The number of carbonyl (C=O) groups is 1. The number of hydrogen-bond acceptors (Lipinski definition) is 3. The lowest BCUT2D eigenvalue weighted by Gasteiger charge is -2.14. The molecular weight excluding hydrogens is 406 g/mol. The number of aromatic nitrogens is 1. The van der Waals surface area contributed by atoms with Crippen molar-refractivity contribution in [2.45, 2.75) is 26.4 Å². The summed E-state index contributed by atoms with van der Waals surface area (Å²) in [6.07, 6.45) is 0.0455. The van der Waals surface area contributed by atoms with Gasteiger partial charge in [-0.3, -0.25) is 4.98 Å². The van der Waals surface area contributed by atoms with Gasteiger partial charge in [0.15, 0.2) is 0 Å². The van der Waals surface area contributed by atoms with Crippen LogP contribution >= 0.6 is 15.9 Å². The zero-order valence-electron chi connectivity index (χ0n) is 15.3. The molecule has 1 atom stereocenters. The molecule has 0 saturated carbocycles. The minimum absolute atomic E-state index is 0.215. The number of aliphatic hydroxyl groups is 1. The van der Waals surface area contributed by atoms with Crippen molar-refractivity contribution < 1.29 is 9.90 Å². The van der Waals surface area contributed by atoms with E-state index in [-0.39, 0.29) is 12.6 Å². The van der Waals surface area contributed by atoms with Crippen molar-refractivity contribution in [2.75, 3.05) is 11.9 Å². The molecule has 3 N–H and O–H groups in total. The van der Waals surface area contributed by atoms with Crippen molar-refractivity contribution in [2.24, 2.45) is 0 Å². The summed E-state index contributed by atoms with van der Waals surface area (Å²) in [6, 6.07) is 15.5. The highest BCUT2D eigenvalue weighted by molar-refractivity contribution is 9.10. The van der Waals surface area contributed by atoms with Crippen molar-refractivity contribution in [1.82, 2.24) is 10.3 Å². The summed E-state index contributed by atoms with van der Waals surface area (Å²) < 4.78 is 0.774. The molecule has 1 aromatic heterocycles. The molecular formula is C21H22BrN3O2. The number of fused-ring (bicyclic) bond motifs is 1. The van der Waals surface area contributed by atoms with Crippen LogP contribution in [0.5, 0.6) is 0 Å². The van der Waals surface area contributed by atoms with Crippen LogP contribution in [0.2, 0.25) is 0 Å². The second kappa shape index (κ2) is 8.50. The number of aryl methyl sites for hydroxylation is 1. The van der Waals surface area contributed by atoms with Crippen LogP contribution in [0, 0.1) is 6.92 Å². The number of halogens is 1. The van der Waals surface area contributed by atoms with E-state index in [2.05, 4.69) is 44.8 Å². The monoisotopic (exact) mass is 427 g/mol. The summed E-state index contributed by atoms with van der Waals surface area (Å²) in [6.45, 7) is 4.07. The molecule has 0 saturated heterocycles. The van der Waals surface area contributed by atoms with Gasteiger partial charge in [0, 0.05) is 23.2 Å². The molecule has 2 amide bonds. The second-order valence-electron chi connectivity index (χ2n) is 6.38. The first-order valence-corrected chi connectivity index (χ1v) is 9.67. The average Bonchev–Trinajstić information content (AvgIpc) is 2.68. The quantitative estimate of drug-likeness (QED) is 0.543. The molecule has 0 aliphatic carbocycles. The standard InChI is InChI=1S/C21H22BrN3O2/c1-3-15(26)12-23-21(27)25-19-10-9-18-17(20(19)22)11-16(13(2)24-18)14-7-5-4-6-8-14/h4-11,15,26H,3,12H2,1-2H3,(H2,23,25,27). The molecule has 1 heterocycles. The number of nitrogens with one attached hydrogen (secondary N) is 2. The van der Waals surface area contributed by atoms with E-state index in [1.807, 2.05) is 44.2 Å². The average molecular weight is 428 g/mol. The van der Waals surface area contributed by atoms with Gasteiger partial charge in [0.05, 0.1) is 21.8 Å². The Kier molecular flexibility index (Phi) is 6.08. The van der Waals surface area contributed by atoms with E-state index in [4.69, 9.17) is 4.98 Å². The molecule has 2 aromatic carbocycles. The van der Waals surface area contributed by atoms with Crippen molar-refractivity contribution in [3.05, 3.63) is 58.7 Å². The Labute approximate surface area is 167 Å². The smallest absolute Gasteiger partial charge is 0.319 e. The number of aliphatic hydroxyl groups excluding tert-OH is 1. The third kappa shape index (κ3) is 4.46. The van der Waals surface area contributed by atoms with Crippen LogP contribution in [-0.2, 0) is 0 Å². The molecule has 140 valence electrons. The first kappa shape index (κ1) is 19.3. The number of hydrogen-bond donors (Lipinski definition) is 3. The molecule has 0 fully saturated rings. The van der Waals surface area contributed by atoms with Gasteiger partial charge in [-0.25, -0.2) is 4.79 Å². The van der Waals surface area contributed by atoms with Crippen molar-refractivity contribution in [1.29, 1.82) is 0 Å². The van der Waals surface area contributed by atoms with E-state index >= 15 is 0 Å². The predicted molar refractivity (Wildman–Crippen MR) is 113 cm³/mol. The molecule has 0 bridgehead atoms. The van der Waals surface area contributed by atoms with Crippen molar-refractivity contribution in [3.63, 3.8) is 0 Å². The van der Waals surface area contributed by atoms with Gasteiger partial charge in [-0.05, 0) is 53.0 Å². The molecule has 0 aliphatic rings. The number of benzene rings is 2. The fourth-order valence-corrected chi connectivity index (χ4v) is 3.38. The number of anilines is 1. The summed E-state index contributed by atoms with van der Waals surface area (Å²) in [4.78, 5) is 16.8. The van der Waals surface area contributed by atoms with Crippen LogP contribution in [0.25, 0.3) is 22.0 Å². The van der Waals surface area contributed by atoms with E-state index in [1.165, 1.54) is 0 Å². The van der Waals surface area contributed by atoms with Gasteiger partial charge in [-0.15, -0.1) is 0 Å². The SMILES string of the molecule is CCC(O)CNC(=O)Nc1ccc2nc(C)c(-c3ccccc3)cc2c1Br. The zero-order chi connectivity index (χ0) is 19.4. The largest absolute Gasteiger partial charge is 0.391 e. The number of pyridine rings is 1. The first-order valence-electron chi connectivity index (χ1n) is 8.87. The third-order valence-corrected chi connectivity index (χ3v) is 5.28. The second-order valence-corrected chi connectivity index (χ2v) is 7.17. The Morgan fingerprint density at radius 1 is 1.22 bits per heavy atom. The van der Waals surface area contributed by atoms with Gasteiger partial charge in [0.1, 0.15) is 0 Å². The normalized spacial score (nSPS) is 12.0. The lowest BCUT2D eigenvalue weighted by molar-refractivity contribution is 0.168. The molecule has 1 unspecified atom stereocenters. The molecule has 6 heteroatoms. The Balaban J connectivity index is 1.92. The number of rotatable bonds is 5. The van der Waals surface area contributed by atoms with Crippen LogP contribution in [-0.4, -0.2) is 28.8 Å². The zero-order valence-corrected chi connectivity index (χ0v) is 16.9. The maximum absolute atomic E-state index is 12.1. The van der Waals surface area contributed by atoms with Gasteiger partial charge in [0.25, 0.3) is 0 Å². The Hall–Kier alpha value is -2.44. The summed E-state index contributed by atoms with van der Waals surface area (Å²) in [7, 11) is 0. The van der Waals surface area contributed by atoms with Gasteiger partial charge >= 0.3 is 6.03 Å². The molecule has 3 rings (SSSR count). The number of amides is 2. The Morgan fingerprint density at radius 3 is 2.67 bits per heavy atom. The minimum Gasteiger partial charge on any atom is -0.391 e. The molecule has 0 spiro atoms. The number of nitrogens with zero attached hydrogens (tertiary/aromatic N) is 1. The highest BCUT2D eigenvalue weighted by atomic mass is 79.9. The molecule has 0 radical (unpaired) electrons. The molecule has 5 nitrogen and oxygen atoms in total. The lowest BCUT2D eigenvalue weighted by Crippen LogP contribution is -2.35. The van der Waals surface area contributed by atoms with Crippen LogP contribution in [0.4, 0.5) is 10.5 Å². The fraction of sp³-hybridized carbons (Fsp3) is 0.238. The summed E-state index contributed by atoms with van der Waals surface area (Å²) >= 11 is 3.60. The van der Waals surface area contributed by atoms with E-state index in [0.717, 1.165) is 32.2 Å². The molecule has 0 aliphatic heterocycles. The predicted octanol–water partition coefficient (Wildman–Crippen LogP) is 4.87. The van der Waals surface area contributed by atoms with Crippen molar-refractivity contribution >= 4 is 38.6 Å². The highest BCUT2D eigenvalue weighted by Gasteiger charge is 2.13. The molecule has 3 aromatic rings. The van der Waals surface area contributed by atoms with Gasteiger partial charge in [-0.2, -0.15) is 0 Å². The first-order chi connectivity index (χ1) is 13.0. The minimum atomic E-state index is -0.545. The maximum atomic E-state index is 12.1. The number of carbonyl (C=O) groups excluding carboxylic acids is 1. The Morgan fingerprint density at radius 2 is 1.96 bits per heavy atom. The highest BCUT2D eigenvalue weighted by Crippen LogP contribution is 2.34. The molecule has 27 heavy (non-hydrogen) atoms. The maximum Gasteiger partial charge on any atom is 0.319 e. The lowest BCUT2D eigenvalue weighted by atomic mass is 10.0. The van der Waals surface area contributed by atoms with Crippen LogP contribution < -0.4 is 10.6 Å². The Bertz CT molecular complexity index is 961. The van der Waals surface area contributed by atoms with E-state index in [1.54, 1.807) is 0 Å². The van der Waals surface area contributed by atoms with E-state index in [9.17, 15) is 9.90 Å². The summed E-state index contributed by atoms with van der Waals surface area (Å²) in [5.41, 5.74) is 4.60. The van der Waals surface area contributed by atoms with Gasteiger partial charge in [-0.1, -0.05) is 37.3 Å². The fourth-order valence-electron chi connectivity index (χ4n) is 2.84. The summed E-state index contributed by atoms with van der Waals surface area (Å²) in [5.74, 6) is 0. The summed E-state index contributed by atoms with van der Waals surface area (Å²) in [5, 5.41) is 16.0. The van der Waals surface area contributed by atoms with Gasteiger partial charge < -0.3 is 15.7 Å². The van der Waals surface area contributed by atoms with E-state index in [0.29, 0.717) is 12.1 Å². The topological polar surface area (TPSA) is 74.2 Å². The van der Waals surface area contributed by atoms with Crippen LogP contribution in [0.15, 0.2) is 53.0 Å².